The van der Waals surface area contributed by atoms with E-state index in [0.717, 1.165) is 32.0 Å². The zero-order chi connectivity index (χ0) is 19.5. The van der Waals surface area contributed by atoms with E-state index in [1.165, 1.54) is 6.33 Å². The molecular weight excluding hydrogens is 397 g/mol. The second-order valence-corrected chi connectivity index (χ2v) is 7.28. The van der Waals surface area contributed by atoms with Crippen LogP contribution in [0.3, 0.4) is 0 Å². The van der Waals surface area contributed by atoms with Crippen molar-refractivity contribution in [2.75, 3.05) is 47.0 Å². The van der Waals surface area contributed by atoms with Gasteiger partial charge in [0.05, 0.1) is 0 Å². The number of nitrogens with two attached hydrogens (primary N) is 1. The van der Waals surface area contributed by atoms with Crippen LogP contribution in [0.15, 0.2) is 48.9 Å². The van der Waals surface area contributed by atoms with E-state index in [4.69, 9.17) is 28.9 Å². The third kappa shape index (κ3) is 4.05. The van der Waals surface area contributed by atoms with E-state index >= 15 is 0 Å². The van der Waals surface area contributed by atoms with E-state index in [-0.39, 0.29) is 0 Å². The van der Waals surface area contributed by atoms with Crippen LogP contribution in [0.1, 0.15) is 0 Å². The summed E-state index contributed by atoms with van der Waals surface area (Å²) in [4.78, 5) is 17.5. The first-order valence-electron chi connectivity index (χ1n) is 8.84. The van der Waals surface area contributed by atoms with Gasteiger partial charge in [0.25, 0.3) is 0 Å². The number of piperazine rings is 1. The van der Waals surface area contributed by atoms with E-state index in [1.807, 2.05) is 24.4 Å². The van der Waals surface area contributed by atoms with Crippen molar-refractivity contribution in [1.82, 2.24) is 15.0 Å². The van der Waals surface area contributed by atoms with Crippen molar-refractivity contribution in [1.29, 1.82) is 0 Å². The van der Waals surface area contributed by atoms with Crippen molar-refractivity contribution in [3.05, 3.63) is 59.0 Å². The van der Waals surface area contributed by atoms with E-state index < -0.39 is 0 Å². The predicted molar refractivity (Wildman–Crippen MR) is 115 cm³/mol. The van der Waals surface area contributed by atoms with E-state index in [0.29, 0.717) is 33.1 Å². The van der Waals surface area contributed by atoms with Gasteiger partial charge in [0.15, 0.2) is 11.6 Å². The van der Waals surface area contributed by atoms with Crippen molar-refractivity contribution in [2.24, 2.45) is 0 Å². The Hall–Kier alpha value is -2.77. The molecule has 0 bridgehead atoms. The Labute approximate surface area is 173 Å². The summed E-state index contributed by atoms with van der Waals surface area (Å²) < 4.78 is 0. The average molecular weight is 416 g/mol. The molecule has 1 aromatic carbocycles. The molecule has 144 valence electrons. The molecule has 1 aliphatic heterocycles. The van der Waals surface area contributed by atoms with Crippen LogP contribution in [0.25, 0.3) is 0 Å². The second-order valence-electron chi connectivity index (χ2n) is 6.40. The Morgan fingerprint density at radius 2 is 1.61 bits per heavy atom. The van der Waals surface area contributed by atoms with E-state index in [1.54, 1.807) is 18.2 Å². The summed E-state index contributed by atoms with van der Waals surface area (Å²) in [5.74, 6) is 2.22. The fourth-order valence-corrected chi connectivity index (χ4v) is 3.71. The van der Waals surface area contributed by atoms with Crippen molar-refractivity contribution >= 4 is 52.0 Å². The minimum Gasteiger partial charge on any atom is -0.393 e. The maximum absolute atomic E-state index is 6.36. The zero-order valence-electron chi connectivity index (χ0n) is 15.0. The fraction of sp³-hybridized carbons (Fsp3) is 0.211. The summed E-state index contributed by atoms with van der Waals surface area (Å²) in [6.07, 6.45) is 3.31. The highest BCUT2D eigenvalue weighted by Gasteiger charge is 2.22. The number of halogens is 2. The molecule has 3 N–H and O–H groups in total. The largest absolute Gasteiger partial charge is 0.393 e. The van der Waals surface area contributed by atoms with Crippen LogP contribution >= 0.6 is 23.2 Å². The first-order valence-corrected chi connectivity index (χ1v) is 9.60. The van der Waals surface area contributed by atoms with Gasteiger partial charge in [0.1, 0.15) is 17.8 Å². The third-order valence-corrected chi connectivity index (χ3v) is 4.98. The SMILES string of the molecule is Nc1c(Nc2cc(Cl)cc(Cl)c2)ncnc1N1CCN(c2ccccn2)CC1. The molecule has 2 aromatic heterocycles. The van der Waals surface area contributed by atoms with Crippen molar-refractivity contribution in [3.8, 4) is 0 Å². The molecule has 0 atom stereocenters. The van der Waals surface area contributed by atoms with Crippen molar-refractivity contribution in [2.45, 2.75) is 0 Å². The number of aromatic nitrogens is 3. The molecule has 3 heterocycles. The Kier molecular flexibility index (Phi) is 5.36. The minimum absolute atomic E-state index is 0.491. The molecule has 0 unspecified atom stereocenters. The molecule has 0 saturated carbocycles. The van der Waals surface area contributed by atoms with Gasteiger partial charge >= 0.3 is 0 Å². The van der Waals surface area contributed by atoms with Crippen LogP contribution in [-0.2, 0) is 0 Å². The summed E-state index contributed by atoms with van der Waals surface area (Å²) in [7, 11) is 0. The predicted octanol–water partition coefficient (Wildman–Crippen LogP) is 3.83. The summed E-state index contributed by atoms with van der Waals surface area (Å²) in [6, 6.07) is 11.1. The third-order valence-electron chi connectivity index (χ3n) is 4.54. The molecule has 0 spiro atoms. The number of nitrogens with zero attached hydrogens (tertiary/aromatic N) is 5. The molecule has 28 heavy (non-hydrogen) atoms. The topological polar surface area (TPSA) is 83.2 Å². The number of hydrogen-bond acceptors (Lipinski definition) is 7. The molecule has 0 radical (unpaired) electrons. The maximum atomic E-state index is 6.36. The van der Waals surface area contributed by atoms with Crippen LogP contribution in [0, 0.1) is 0 Å². The van der Waals surface area contributed by atoms with Gasteiger partial charge < -0.3 is 20.9 Å². The number of nitrogen functional groups attached to an aromatic ring is 1. The minimum atomic E-state index is 0.491. The Morgan fingerprint density at radius 1 is 0.893 bits per heavy atom. The molecule has 1 saturated heterocycles. The zero-order valence-corrected chi connectivity index (χ0v) is 16.5. The lowest BCUT2D eigenvalue weighted by atomic mass is 10.2. The van der Waals surface area contributed by atoms with Gasteiger partial charge in [-0.1, -0.05) is 29.3 Å². The highest BCUT2D eigenvalue weighted by molar-refractivity contribution is 6.35. The summed E-state index contributed by atoms with van der Waals surface area (Å²) in [6.45, 7) is 3.26. The van der Waals surface area contributed by atoms with Crippen molar-refractivity contribution in [3.63, 3.8) is 0 Å². The lowest BCUT2D eigenvalue weighted by molar-refractivity contribution is 0.642. The standard InChI is InChI=1S/C19H19Cl2N7/c20-13-9-14(21)11-15(10-13)26-18-17(22)19(25-12-24-18)28-7-5-27(6-8-28)16-3-1-2-4-23-16/h1-4,9-12H,5-8,22H2,(H,24,25,26). The molecule has 0 aliphatic carbocycles. The lowest BCUT2D eigenvalue weighted by Gasteiger charge is -2.36. The van der Waals surface area contributed by atoms with Crippen molar-refractivity contribution < 1.29 is 0 Å². The molecule has 1 fully saturated rings. The van der Waals surface area contributed by atoms with Gasteiger partial charge in [-0.05, 0) is 30.3 Å². The molecule has 4 rings (SSSR count). The summed E-state index contributed by atoms with van der Waals surface area (Å²) >= 11 is 12.1. The number of nitrogens with one attached hydrogen (secondary N) is 1. The first kappa shape index (κ1) is 18.6. The number of pyridine rings is 1. The van der Waals surface area contributed by atoms with Crippen LogP contribution < -0.4 is 20.9 Å². The van der Waals surface area contributed by atoms with E-state index in [2.05, 4.69) is 30.1 Å². The van der Waals surface area contributed by atoms with Crippen LogP contribution in [0.4, 0.5) is 28.8 Å². The lowest BCUT2D eigenvalue weighted by Crippen LogP contribution is -2.47. The number of anilines is 5. The van der Waals surface area contributed by atoms with Crippen LogP contribution in [-0.4, -0.2) is 41.1 Å². The summed E-state index contributed by atoms with van der Waals surface area (Å²) in [5, 5.41) is 4.25. The summed E-state index contributed by atoms with van der Waals surface area (Å²) in [5.41, 5.74) is 7.57. The maximum Gasteiger partial charge on any atom is 0.159 e. The average Bonchev–Trinajstić information content (AvgIpc) is 2.70. The van der Waals surface area contributed by atoms with Crippen LogP contribution in [0.5, 0.6) is 0 Å². The fourth-order valence-electron chi connectivity index (χ4n) is 3.19. The normalized spacial score (nSPS) is 14.2. The second kappa shape index (κ2) is 8.08. The first-order chi connectivity index (χ1) is 13.6. The van der Waals surface area contributed by atoms with Gasteiger partial charge in [-0.15, -0.1) is 0 Å². The van der Waals surface area contributed by atoms with Gasteiger partial charge in [-0.2, -0.15) is 0 Å². The quantitative estimate of drug-likeness (QED) is 0.669. The van der Waals surface area contributed by atoms with Gasteiger partial charge in [-0.25, -0.2) is 15.0 Å². The molecule has 3 aromatic rings. The molecule has 7 nitrogen and oxygen atoms in total. The molecule has 9 heteroatoms. The van der Waals surface area contributed by atoms with Gasteiger partial charge in [0, 0.05) is 48.1 Å². The smallest absolute Gasteiger partial charge is 0.159 e. The van der Waals surface area contributed by atoms with Crippen LogP contribution in [0.2, 0.25) is 10.0 Å². The van der Waals surface area contributed by atoms with Gasteiger partial charge in [-0.3, -0.25) is 0 Å². The molecular formula is C19H19Cl2N7. The van der Waals surface area contributed by atoms with E-state index in [9.17, 15) is 0 Å². The Balaban J connectivity index is 1.49. The Morgan fingerprint density at radius 3 is 2.29 bits per heavy atom. The number of rotatable bonds is 4. The molecule has 1 aliphatic rings. The monoisotopic (exact) mass is 415 g/mol. The Bertz CT molecular complexity index is 940. The number of hydrogen-bond donors (Lipinski definition) is 2. The highest BCUT2D eigenvalue weighted by Crippen LogP contribution is 2.31. The number of benzene rings is 1. The highest BCUT2D eigenvalue weighted by atomic mass is 35.5. The molecule has 0 amide bonds. The van der Waals surface area contributed by atoms with Gasteiger partial charge in [0.2, 0.25) is 0 Å².